The molecule has 0 aromatic carbocycles. The van der Waals surface area contributed by atoms with Crippen molar-refractivity contribution in [1.29, 1.82) is 0 Å². The highest BCUT2D eigenvalue weighted by Gasteiger charge is 2.23. The van der Waals surface area contributed by atoms with E-state index < -0.39 is 0 Å². The maximum absolute atomic E-state index is 4.90. The number of rotatable bonds is 16. The van der Waals surface area contributed by atoms with Gasteiger partial charge in [-0.15, -0.1) is 0 Å². The third-order valence-electron chi connectivity index (χ3n) is 21.8. The maximum Gasteiger partial charge on any atom is 0.181 e. The van der Waals surface area contributed by atoms with Crippen LogP contribution in [-0.4, -0.2) is 181 Å². The van der Waals surface area contributed by atoms with Crippen LogP contribution in [-0.2, 0) is 6.54 Å². The SMILES string of the molecule is CCNCc1cncc(-c2cnc3n[nH]c(-c4nc5c(-c6ccncc6)cncc5[nH]4)c3c2)c1.CN(C)c1cncc(-c2cnc3n[nH]c(-c4nc5c(-c6ccncc6)cncc5[nH]4)c3c2)c1.Cc1ccncc1-c1cnc2n[nH]c(-c3nc4c(-c5ccncc5)cncc4[nH]3)c2c1.c1cncc(-c2cnc3n[nH]c(-c4nc5c(-c6ccncc6)cncc5[nH]4)c3c2)c1. The van der Waals surface area contributed by atoms with Gasteiger partial charge in [-0.1, -0.05) is 13.0 Å². The molecule has 0 aliphatic rings. The Morgan fingerprint density at radius 3 is 0.992 bits per heavy atom. The minimum absolute atomic E-state index is 0.624. The van der Waals surface area contributed by atoms with E-state index in [0.29, 0.717) is 45.9 Å². The molecule has 0 fully saturated rings. The molecule has 616 valence electrons. The number of fused-ring (bicyclic) bond motifs is 8. The van der Waals surface area contributed by atoms with Crippen LogP contribution in [0.3, 0.4) is 0 Å². The number of imidazole rings is 4. The van der Waals surface area contributed by atoms with E-state index in [1.807, 2.05) is 172 Å². The van der Waals surface area contributed by atoms with Crippen molar-refractivity contribution < 1.29 is 0 Å². The predicted molar refractivity (Wildman–Crippen MR) is 489 cm³/mol. The van der Waals surface area contributed by atoms with E-state index in [4.69, 9.17) is 19.9 Å². The van der Waals surface area contributed by atoms with E-state index in [9.17, 15) is 0 Å². The lowest BCUT2D eigenvalue weighted by atomic mass is 10.0. The summed E-state index contributed by atoms with van der Waals surface area (Å²) < 4.78 is 0. The van der Waals surface area contributed by atoms with E-state index in [2.05, 4.69) is 190 Å². The van der Waals surface area contributed by atoms with Gasteiger partial charge in [0.05, 0.1) is 102 Å². The number of aromatic amines is 8. The number of hydrogen-bond donors (Lipinski definition) is 9. The Hall–Kier alpha value is -18.1. The molecular weight excluding hydrogens is 1610 g/mol. The van der Waals surface area contributed by atoms with Gasteiger partial charge < -0.3 is 30.2 Å². The van der Waals surface area contributed by atoms with Crippen molar-refractivity contribution in [3.05, 3.63) is 288 Å². The molecule has 34 heteroatoms. The number of hydrogen-bond acceptors (Lipinski definition) is 26. The average Bonchev–Trinajstić information content (AvgIpc) is 1.63. The normalized spacial score (nSPS) is 11.4. The van der Waals surface area contributed by atoms with Crippen LogP contribution in [0, 0.1) is 6.92 Å². The zero-order chi connectivity index (χ0) is 86.0. The maximum atomic E-state index is 4.90. The summed E-state index contributed by atoms with van der Waals surface area (Å²) in [7, 11) is 3.99. The van der Waals surface area contributed by atoms with Crippen LogP contribution in [0.1, 0.15) is 18.1 Å². The summed E-state index contributed by atoms with van der Waals surface area (Å²) in [6.07, 6.45) is 50.3. The van der Waals surface area contributed by atoms with Crippen LogP contribution in [0.4, 0.5) is 5.69 Å². The van der Waals surface area contributed by atoms with Gasteiger partial charge in [0.15, 0.2) is 45.9 Å². The zero-order valence-corrected chi connectivity index (χ0v) is 68.6. The van der Waals surface area contributed by atoms with Gasteiger partial charge in [0, 0.05) is 230 Å². The number of aryl methyl sites for hydroxylation is 1. The topological polar surface area (TPSA) is 451 Å². The molecule has 0 spiro atoms. The van der Waals surface area contributed by atoms with Gasteiger partial charge in [0.25, 0.3) is 0 Å². The largest absolute Gasteiger partial charge is 0.376 e. The highest BCUT2D eigenvalue weighted by molar-refractivity contribution is 6.02. The number of pyridine rings is 16. The van der Waals surface area contributed by atoms with Gasteiger partial charge in [-0.25, -0.2) is 39.9 Å². The zero-order valence-electron chi connectivity index (χ0n) is 68.6. The highest BCUT2D eigenvalue weighted by Crippen LogP contribution is 2.39. The molecule has 0 unspecified atom stereocenters. The molecular formula is C94H70N34. The monoisotopic (exact) mass is 1670 g/mol. The fraction of sp³-hybridized carbons (Fsp3) is 0.0638. The first-order chi connectivity index (χ1) is 63.1. The van der Waals surface area contributed by atoms with Crippen LogP contribution < -0.4 is 10.2 Å². The van der Waals surface area contributed by atoms with E-state index >= 15 is 0 Å². The van der Waals surface area contributed by atoms with Crippen molar-refractivity contribution in [1.82, 2.24) is 166 Å². The quantitative estimate of drug-likeness (QED) is 0.0434. The first-order valence-electron chi connectivity index (χ1n) is 40.6. The standard InChI is InChI=1S/C25H21N9.C24H19N9.C23H16N8.C22H14N8/c1-2-26-9-15-7-17(11-28-10-15)18-8-19-23(33-34-24(19)30-12-18)25-31-21-14-29-13-20(22(21)32-25)16-3-5-27-6-4-16;1-33(2)17-7-15(9-26-11-17)16-8-18-22(31-32-23(18)28-10-16)24-29-20-13-27-12-19(21(20)30-24)14-3-5-25-6-4-14;1-13-2-5-25-10-17(13)15-8-16-21(30-31-22(16)27-9-15)23-28-19-12-26-11-18(20(19)29-23)14-3-6-24-7-4-14;1-2-14(9-24-5-1)15-8-16-20(29-30-21(16)26-10-15)22-27-18-12-25-11-17(19(18)28-22)13-3-6-23-7-4-13/h3-8,10-14,26H,2,9H2,1H3,(H,31,32)(H,30,33,34);3-13H,1-2H3,(H,29,30)(H,28,31,32);2-12H,1H3,(H,28,29)(H,27,30,31);1-12H,(H,27,28)(H,26,29,30). The molecule has 0 aliphatic heterocycles. The Morgan fingerprint density at radius 2 is 0.617 bits per heavy atom. The Morgan fingerprint density at radius 1 is 0.289 bits per heavy atom. The molecule has 0 bridgehead atoms. The van der Waals surface area contributed by atoms with E-state index in [0.717, 1.165) is 207 Å². The summed E-state index contributed by atoms with van der Waals surface area (Å²) in [5.41, 5.74) is 31.3. The summed E-state index contributed by atoms with van der Waals surface area (Å²) in [6.45, 7) is 5.83. The molecule has 0 aliphatic carbocycles. The van der Waals surface area contributed by atoms with Gasteiger partial charge >= 0.3 is 0 Å². The van der Waals surface area contributed by atoms with E-state index in [1.165, 1.54) is 0 Å². The molecule has 24 rings (SSSR count). The molecule has 24 aromatic rings. The molecule has 34 nitrogen and oxygen atoms in total. The minimum atomic E-state index is 0.624. The van der Waals surface area contributed by atoms with Crippen LogP contribution in [0.2, 0.25) is 0 Å². The van der Waals surface area contributed by atoms with Crippen molar-refractivity contribution in [3.63, 3.8) is 0 Å². The van der Waals surface area contributed by atoms with Gasteiger partial charge in [-0.3, -0.25) is 80.2 Å². The first-order valence-corrected chi connectivity index (χ1v) is 40.6. The second-order valence-corrected chi connectivity index (χ2v) is 30.0. The molecule has 24 heterocycles. The molecule has 0 radical (unpaired) electrons. The Bertz CT molecular complexity index is 8140. The van der Waals surface area contributed by atoms with Crippen LogP contribution in [0.25, 0.3) is 223 Å². The summed E-state index contributed by atoms with van der Waals surface area (Å²) >= 11 is 0. The van der Waals surface area contributed by atoms with Gasteiger partial charge in [-0.05, 0) is 144 Å². The third kappa shape index (κ3) is 15.2. The van der Waals surface area contributed by atoms with Crippen molar-refractivity contribution in [2.45, 2.75) is 20.4 Å². The summed E-state index contributed by atoms with van der Waals surface area (Å²) in [5, 5.41) is 36.7. The van der Waals surface area contributed by atoms with Gasteiger partial charge in [0.1, 0.15) is 22.8 Å². The number of anilines is 1. The van der Waals surface area contributed by atoms with Crippen LogP contribution in [0.5, 0.6) is 0 Å². The van der Waals surface area contributed by atoms with Crippen LogP contribution >= 0.6 is 0 Å². The lowest BCUT2D eigenvalue weighted by Gasteiger charge is -2.12. The number of H-pyrrole nitrogens is 8. The molecule has 0 atom stereocenters. The molecule has 0 amide bonds. The molecule has 0 saturated heterocycles. The number of nitrogens with zero attached hydrogens (tertiary/aromatic N) is 25. The lowest BCUT2D eigenvalue weighted by molar-refractivity contribution is 0.724. The summed E-state index contributed by atoms with van der Waals surface area (Å²) in [4.78, 5) is 104. The fourth-order valence-corrected chi connectivity index (χ4v) is 15.3. The van der Waals surface area contributed by atoms with Crippen molar-refractivity contribution >= 4 is 94.0 Å². The third-order valence-corrected chi connectivity index (χ3v) is 21.8. The molecule has 0 saturated carbocycles. The molecule has 24 aromatic heterocycles. The Labute approximate surface area is 724 Å². The first kappa shape index (κ1) is 77.3. The minimum Gasteiger partial charge on any atom is -0.376 e. The summed E-state index contributed by atoms with van der Waals surface area (Å²) in [5.74, 6) is 2.72. The van der Waals surface area contributed by atoms with E-state index in [-0.39, 0.29) is 0 Å². The molecule has 9 N–H and O–H groups in total. The second kappa shape index (κ2) is 33.7. The van der Waals surface area contributed by atoms with Crippen molar-refractivity contribution in [2.75, 3.05) is 25.5 Å². The smallest absolute Gasteiger partial charge is 0.181 e. The van der Waals surface area contributed by atoms with Crippen LogP contribution in [0.15, 0.2) is 277 Å². The highest BCUT2D eigenvalue weighted by atomic mass is 15.2. The fourth-order valence-electron chi connectivity index (χ4n) is 15.3. The predicted octanol–water partition coefficient (Wildman–Crippen LogP) is 16.6. The second-order valence-electron chi connectivity index (χ2n) is 30.0. The average molecular weight is 1680 g/mol. The number of nitrogens with one attached hydrogen (secondary N) is 9. The van der Waals surface area contributed by atoms with Gasteiger partial charge in [-0.2, -0.15) is 20.4 Å². The summed E-state index contributed by atoms with van der Waals surface area (Å²) in [6, 6.07) is 33.9. The van der Waals surface area contributed by atoms with E-state index in [1.54, 1.807) is 93.0 Å². The van der Waals surface area contributed by atoms with Crippen molar-refractivity contribution in [2.24, 2.45) is 0 Å². The Kier molecular flexibility index (Phi) is 20.4. The van der Waals surface area contributed by atoms with Crippen molar-refractivity contribution in [3.8, 4) is 135 Å². The lowest BCUT2D eigenvalue weighted by Crippen LogP contribution is -2.11. The molecule has 128 heavy (non-hydrogen) atoms. The number of aromatic nitrogens is 32. The Balaban J connectivity index is 0.000000104. The van der Waals surface area contributed by atoms with Gasteiger partial charge in [0.2, 0.25) is 0 Å².